The van der Waals surface area contributed by atoms with Crippen molar-refractivity contribution in [2.45, 2.75) is 13.0 Å². The molecule has 19 heavy (non-hydrogen) atoms. The summed E-state index contributed by atoms with van der Waals surface area (Å²) < 4.78 is 4.91. The summed E-state index contributed by atoms with van der Waals surface area (Å²) in [4.78, 5) is 15.9. The third-order valence-electron chi connectivity index (χ3n) is 2.63. The van der Waals surface area contributed by atoms with Crippen LogP contribution in [0, 0.1) is 0 Å². The predicted octanol–water partition coefficient (Wildman–Crippen LogP) is 1.01. The zero-order chi connectivity index (χ0) is 13.8. The molecule has 0 spiro atoms. The van der Waals surface area contributed by atoms with Gasteiger partial charge in [0.25, 0.3) is 5.91 Å². The number of phenols is 1. The second-order valence-corrected chi connectivity index (χ2v) is 3.95. The summed E-state index contributed by atoms with van der Waals surface area (Å²) in [7, 11) is 1.45. The van der Waals surface area contributed by atoms with Gasteiger partial charge < -0.3 is 15.2 Å². The van der Waals surface area contributed by atoms with E-state index in [1.165, 1.54) is 25.6 Å². The topological polar surface area (TPSA) is 100 Å². The van der Waals surface area contributed by atoms with Gasteiger partial charge >= 0.3 is 0 Å². The molecule has 100 valence electrons. The molecule has 0 radical (unpaired) electrons. The molecule has 7 heteroatoms. The van der Waals surface area contributed by atoms with Gasteiger partial charge in [0.2, 0.25) is 0 Å². The van der Waals surface area contributed by atoms with Crippen molar-refractivity contribution in [3.63, 3.8) is 0 Å². The zero-order valence-electron chi connectivity index (χ0n) is 10.5. The van der Waals surface area contributed by atoms with E-state index in [1.807, 2.05) is 0 Å². The van der Waals surface area contributed by atoms with Crippen LogP contribution < -0.4 is 10.1 Å². The van der Waals surface area contributed by atoms with Crippen molar-refractivity contribution in [3.05, 3.63) is 35.9 Å². The number of aromatic amines is 1. The average molecular weight is 262 g/mol. The predicted molar refractivity (Wildman–Crippen MR) is 66.9 cm³/mol. The third-order valence-corrected chi connectivity index (χ3v) is 2.63. The van der Waals surface area contributed by atoms with E-state index in [4.69, 9.17) is 4.74 Å². The highest BCUT2D eigenvalue weighted by molar-refractivity contribution is 5.95. The van der Waals surface area contributed by atoms with Crippen molar-refractivity contribution >= 4 is 5.91 Å². The largest absolute Gasteiger partial charge is 0.504 e. The molecule has 0 bridgehead atoms. The number of hydrogen-bond donors (Lipinski definition) is 3. The fourth-order valence-electron chi connectivity index (χ4n) is 1.60. The van der Waals surface area contributed by atoms with Gasteiger partial charge in [0.05, 0.1) is 13.2 Å². The lowest BCUT2D eigenvalue weighted by Gasteiger charge is -2.11. The lowest BCUT2D eigenvalue weighted by molar-refractivity contribution is 0.0938. The van der Waals surface area contributed by atoms with Crippen LogP contribution in [0.1, 0.15) is 29.1 Å². The number of aromatic hydroxyl groups is 1. The van der Waals surface area contributed by atoms with Gasteiger partial charge in [0.15, 0.2) is 11.5 Å². The fourth-order valence-corrected chi connectivity index (χ4v) is 1.60. The van der Waals surface area contributed by atoms with Crippen molar-refractivity contribution in [1.29, 1.82) is 0 Å². The quantitative estimate of drug-likeness (QED) is 0.763. The van der Waals surface area contributed by atoms with Crippen molar-refractivity contribution < 1.29 is 14.6 Å². The average Bonchev–Trinajstić information content (AvgIpc) is 2.92. The molecule has 0 aliphatic heterocycles. The van der Waals surface area contributed by atoms with Gasteiger partial charge in [0, 0.05) is 5.56 Å². The molecular formula is C12H14N4O3. The fraction of sp³-hybridized carbons (Fsp3) is 0.250. The Labute approximate surface area is 109 Å². The van der Waals surface area contributed by atoms with Crippen LogP contribution in [-0.2, 0) is 0 Å². The molecule has 1 aromatic carbocycles. The van der Waals surface area contributed by atoms with E-state index in [-0.39, 0.29) is 17.7 Å². The number of ether oxygens (including phenoxy) is 1. The first-order chi connectivity index (χ1) is 9.11. The smallest absolute Gasteiger partial charge is 0.251 e. The van der Waals surface area contributed by atoms with Gasteiger partial charge in [-0.05, 0) is 25.1 Å². The number of nitrogens with one attached hydrogen (secondary N) is 2. The van der Waals surface area contributed by atoms with Gasteiger partial charge in [-0.2, -0.15) is 5.10 Å². The minimum absolute atomic E-state index is 0.0810. The van der Waals surface area contributed by atoms with Gasteiger partial charge in [-0.15, -0.1) is 0 Å². The summed E-state index contributed by atoms with van der Waals surface area (Å²) in [5.74, 6) is 0.482. The van der Waals surface area contributed by atoms with Crippen molar-refractivity contribution in [1.82, 2.24) is 20.5 Å². The first-order valence-electron chi connectivity index (χ1n) is 5.65. The molecule has 0 aliphatic carbocycles. The second kappa shape index (κ2) is 5.38. The van der Waals surface area contributed by atoms with Crippen LogP contribution in [-0.4, -0.2) is 33.3 Å². The second-order valence-electron chi connectivity index (χ2n) is 3.95. The van der Waals surface area contributed by atoms with Gasteiger partial charge in [-0.25, -0.2) is 4.98 Å². The van der Waals surface area contributed by atoms with E-state index < -0.39 is 0 Å². The number of rotatable bonds is 4. The van der Waals surface area contributed by atoms with Gasteiger partial charge in [0.1, 0.15) is 12.2 Å². The SMILES string of the molecule is COc1ccc(C(=O)NC(C)c2ncn[nH]2)cc1O. The molecule has 0 saturated heterocycles. The molecule has 1 amide bonds. The first kappa shape index (κ1) is 12.9. The number of nitrogens with zero attached hydrogens (tertiary/aromatic N) is 2. The summed E-state index contributed by atoms with van der Waals surface area (Å²) >= 11 is 0. The zero-order valence-corrected chi connectivity index (χ0v) is 10.5. The highest BCUT2D eigenvalue weighted by atomic mass is 16.5. The Hall–Kier alpha value is -2.57. The van der Waals surface area contributed by atoms with Crippen LogP contribution in [0.4, 0.5) is 0 Å². The number of H-pyrrole nitrogens is 1. The number of benzene rings is 1. The number of amides is 1. The Morgan fingerprint density at radius 2 is 2.32 bits per heavy atom. The van der Waals surface area contributed by atoms with Crippen molar-refractivity contribution in [2.75, 3.05) is 7.11 Å². The Kier molecular flexibility index (Phi) is 3.65. The Morgan fingerprint density at radius 1 is 1.53 bits per heavy atom. The molecule has 0 fully saturated rings. The van der Waals surface area contributed by atoms with Crippen LogP contribution in [0.5, 0.6) is 11.5 Å². The molecule has 3 N–H and O–H groups in total. The van der Waals surface area contributed by atoms with E-state index >= 15 is 0 Å². The molecule has 0 saturated carbocycles. The van der Waals surface area contributed by atoms with E-state index in [0.29, 0.717) is 17.1 Å². The highest BCUT2D eigenvalue weighted by Gasteiger charge is 2.14. The molecule has 7 nitrogen and oxygen atoms in total. The van der Waals surface area contributed by atoms with Crippen molar-refractivity contribution in [2.24, 2.45) is 0 Å². The summed E-state index contributed by atoms with van der Waals surface area (Å²) in [5.41, 5.74) is 0.338. The maximum absolute atomic E-state index is 12.0. The number of aromatic nitrogens is 3. The summed E-state index contributed by atoms with van der Waals surface area (Å²) in [6.07, 6.45) is 1.37. The Balaban J connectivity index is 2.10. The molecular weight excluding hydrogens is 248 g/mol. The number of phenolic OH excluding ortho intramolecular Hbond substituents is 1. The number of carbonyl (C=O) groups excluding carboxylic acids is 1. The normalized spacial score (nSPS) is 11.9. The van der Waals surface area contributed by atoms with E-state index in [9.17, 15) is 9.90 Å². The molecule has 2 aromatic rings. The number of methoxy groups -OCH3 is 1. The third kappa shape index (κ3) is 2.82. The highest BCUT2D eigenvalue weighted by Crippen LogP contribution is 2.26. The standard InChI is InChI=1S/C12H14N4O3/c1-7(11-13-6-14-16-11)15-12(18)8-3-4-10(19-2)9(17)5-8/h3-7,17H,1-2H3,(H,15,18)(H,13,14,16). The lowest BCUT2D eigenvalue weighted by atomic mass is 10.1. The molecule has 1 unspecified atom stereocenters. The molecule has 1 aromatic heterocycles. The van der Waals surface area contributed by atoms with Gasteiger partial charge in [-0.1, -0.05) is 0 Å². The molecule has 1 atom stereocenters. The molecule has 1 heterocycles. The minimum atomic E-state index is -0.318. The van der Waals surface area contributed by atoms with E-state index in [1.54, 1.807) is 13.0 Å². The van der Waals surface area contributed by atoms with E-state index in [0.717, 1.165) is 0 Å². The molecule has 0 aliphatic rings. The lowest BCUT2D eigenvalue weighted by Crippen LogP contribution is -2.27. The van der Waals surface area contributed by atoms with Crippen molar-refractivity contribution in [3.8, 4) is 11.5 Å². The number of carbonyl (C=O) groups is 1. The Bertz CT molecular complexity index is 568. The van der Waals surface area contributed by atoms with Gasteiger partial charge in [-0.3, -0.25) is 9.89 Å². The summed E-state index contributed by atoms with van der Waals surface area (Å²) in [6.45, 7) is 1.78. The van der Waals surface area contributed by atoms with Crippen LogP contribution >= 0.6 is 0 Å². The van der Waals surface area contributed by atoms with E-state index in [2.05, 4.69) is 20.5 Å². The maximum atomic E-state index is 12.0. The first-order valence-corrected chi connectivity index (χ1v) is 5.65. The Morgan fingerprint density at radius 3 is 2.89 bits per heavy atom. The molecule has 2 rings (SSSR count). The van der Waals surface area contributed by atoms with Crippen LogP contribution in [0.15, 0.2) is 24.5 Å². The minimum Gasteiger partial charge on any atom is -0.504 e. The van der Waals surface area contributed by atoms with Crippen LogP contribution in [0.2, 0.25) is 0 Å². The summed E-state index contributed by atoms with van der Waals surface area (Å²) in [5, 5.41) is 18.8. The van der Waals surface area contributed by atoms with Crippen LogP contribution in [0.3, 0.4) is 0 Å². The summed E-state index contributed by atoms with van der Waals surface area (Å²) in [6, 6.07) is 4.14. The monoisotopic (exact) mass is 262 g/mol. The number of hydrogen-bond acceptors (Lipinski definition) is 5. The maximum Gasteiger partial charge on any atom is 0.251 e. The van der Waals surface area contributed by atoms with Crippen LogP contribution in [0.25, 0.3) is 0 Å².